The van der Waals surface area contributed by atoms with Gasteiger partial charge in [0.1, 0.15) is 11.8 Å². The van der Waals surface area contributed by atoms with Crippen molar-refractivity contribution in [1.29, 1.82) is 5.26 Å². The van der Waals surface area contributed by atoms with Gasteiger partial charge in [0.15, 0.2) is 5.78 Å². The van der Waals surface area contributed by atoms with E-state index in [1.165, 1.54) is 19.1 Å². The van der Waals surface area contributed by atoms with Crippen LogP contribution in [0, 0.1) is 17.2 Å². The van der Waals surface area contributed by atoms with Gasteiger partial charge in [0, 0.05) is 29.6 Å². The third kappa shape index (κ3) is 4.26. The Morgan fingerprint density at radius 1 is 1.21 bits per heavy atom. The molecule has 1 amide bonds. The van der Waals surface area contributed by atoms with Gasteiger partial charge in [-0.3, -0.25) is 9.59 Å². The Balaban J connectivity index is 1.68. The van der Waals surface area contributed by atoms with Crippen LogP contribution in [0.25, 0.3) is 0 Å². The number of phenols is 1. The molecule has 0 unspecified atom stereocenters. The highest BCUT2D eigenvalue weighted by molar-refractivity contribution is 6.31. The lowest BCUT2D eigenvalue weighted by Crippen LogP contribution is -2.38. The van der Waals surface area contributed by atoms with Crippen LogP contribution in [0.1, 0.15) is 35.7 Å². The Labute approximate surface area is 168 Å². The first-order chi connectivity index (χ1) is 13.4. The van der Waals surface area contributed by atoms with Crippen LogP contribution >= 0.6 is 11.6 Å². The number of hydrogen-bond donors (Lipinski definition) is 2. The summed E-state index contributed by atoms with van der Waals surface area (Å²) in [4.78, 5) is 26.3. The number of nitrogens with zero attached hydrogens (tertiary/aromatic N) is 2. The Morgan fingerprint density at radius 2 is 1.93 bits per heavy atom. The van der Waals surface area contributed by atoms with Crippen molar-refractivity contribution in [1.82, 2.24) is 0 Å². The van der Waals surface area contributed by atoms with Gasteiger partial charge in [-0.05, 0) is 56.2 Å². The number of rotatable bonds is 4. The zero-order valence-electron chi connectivity index (χ0n) is 15.4. The second kappa shape index (κ2) is 8.32. The molecule has 0 aliphatic carbocycles. The molecule has 28 heavy (non-hydrogen) atoms. The smallest absolute Gasteiger partial charge is 0.227 e. The summed E-state index contributed by atoms with van der Waals surface area (Å²) >= 11 is 5.92. The number of aromatic hydroxyl groups is 1. The lowest BCUT2D eigenvalue weighted by atomic mass is 9.94. The van der Waals surface area contributed by atoms with E-state index < -0.39 is 0 Å². The summed E-state index contributed by atoms with van der Waals surface area (Å²) in [5.74, 6) is -0.470. The molecule has 2 N–H and O–H groups in total. The summed E-state index contributed by atoms with van der Waals surface area (Å²) < 4.78 is 0. The van der Waals surface area contributed by atoms with Gasteiger partial charge in [-0.15, -0.1) is 0 Å². The summed E-state index contributed by atoms with van der Waals surface area (Å²) in [5, 5.41) is 22.4. The number of phenolic OH excluding ortho intramolecular Hbond substituents is 1. The molecule has 1 aliphatic heterocycles. The minimum Gasteiger partial charge on any atom is -0.506 e. The monoisotopic (exact) mass is 397 g/mol. The van der Waals surface area contributed by atoms with Crippen LogP contribution in [0.5, 0.6) is 5.75 Å². The summed E-state index contributed by atoms with van der Waals surface area (Å²) in [5.41, 5.74) is 2.09. The zero-order chi connectivity index (χ0) is 20.3. The van der Waals surface area contributed by atoms with E-state index in [2.05, 4.69) is 11.4 Å². The number of piperidine rings is 1. The van der Waals surface area contributed by atoms with Gasteiger partial charge in [-0.2, -0.15) is 5.26 Å². The van der Waals surface area contributed by atoms with Crippen LogP contribution in [0.2, 0.25) is 5.02 Å². The number of Topliss-reactive ketones (excluding diaryl/α,β-unsaturated/α-hetero) is 1. The highest BCUT2D eigenvalue weighted by Crippen LogP contribution is 2.30. The van der Waals surface area contributed by atoms with Gasteiger partial charge < -0.3 is 15.3 Å². The van der Waals surface area contributed by atoms with Crippen molar-refractivity contribution < 1.29 is 14.7 Å². The fraction of sp³-hybridized carbons (Fsp3) is 0.286. The summed E-state index contributed by atoms with van der Waals surface area (Å²) in [6, 6.07) is 11.7. The number of nitrogens with one attached hydrogen (secondary N) is 1. The molecule has 7 heteroatoms. The molecular weight excluding hydrogens is 378 g/mol. The second-order valence-electron chi connectivity index (χ2n) is 6.81. The molecule has 3 rings (SSSR count). The van der Waals surface area contributed by atoms with Crippen molar-refractivity contribution >= 4 is 34.7 Å². The lowest BCUT2D eigenvalue weighted by molar-refractivity contribution is -0.120. The van der Waals surface area contributed by atoms with E-state index in [0.29, 0.717) is 47.8 Å². The standard InChI is InChI=1S/C21H20ClN3O3/c1-13(26)15-2-3-16(12-23)19(10-15)25-8-6-14(7-9-25)21(28)24-18-11-17(22)4-5-20(18)27/h2-5,10-11,14,27H,6-9H2,1H3,(H,24,28). The van der Waals surface area contributed by atoms with Crippen molar-refractivity contribution in [3.05, 3.63) is 52.5 Å². The van der Waals surface area contributed by atoms with Crippen molar-refractivity contribution in [2.75, 3.05) is 23.3 Å². The van der Waals surface area contributed by atoms with Crippen LogP contribution in [0.3, 0.4) is 0 Å². The fourth-order valence-corrected chi connectivity index (χ4v) is 3.50. The van der Waals surface area contributed by atoms with Crippen LogP contribution in [-0.4, -0.2) is 29.9 Å². The Hall–Kier alpha value is -3.04. The Morgan fingerprint density at radius 3 is 2.57 bits per heavy atom. The van der Waals surface area contributed by atoms with Crippen LogP contribution in [-0.2, 0) is 4.79 Å². The van der Waals surface area contributed by atoms with Gasteiger partial charge in [0.2, 0.25) is 5.91 Å². The second-order valence-corrected chi connectivity index (χ2v) is 7.25. The largest absolute Gasteiger partial charge is 0.506 e. The third-order valence-corrected chi connectivity index (χ3v) is 5.18. The third-order valence-electron chi connectivity index (χ3n) is 4.95. The number of anilines is 2. The van der Waals surface area contributed by atoms with Crippen molar-refractivity contribution in [3.8, 4) is 11.8 Å². The first-order valence-electron chi connectivity index (χ1n) is 8.98. The maximum absolute atomic E-state index is 12.6. The number of halogens is 1. The Bertz CT molecular complexity index is 960. The van der Waals surface area contributed by atoms with Gasteiger partial charge in [-0.1, -0.05) is 11.6 Å². The van der Waals surface area contributed by atoms with Gasteiger partial charge >= 0.3 is 0 Å². The van der Waals surface area contributed by atoms with Gasteiger partial charge in [0.25, 0.3) is 0 Å². The molecule has 0 bridgehead atoms. The zero-order valence-corrected chi connectivity index (χ0v) is 16.2. The average molecular weight is 398 g/mol. The fourth-order valence-electron chi connectivity index (χ4n) is 3.33. The number of benzene rings is 2. The topological polar surface area (TPSA) is 93.4 Å². The first-order valence-corrected chi connectivity index (χ1v) is 9.36. The van der Waals surface area contributed by atoms with E-state index >= 15 is 0 Å². The van der Waals surface area contributed by atoms with E-state index in [1.807, 2.05) is 4.90 Å². The van der Waals surface area contributed by atoms with E-state index in [9.17, 15) is 20.0 Å². The highest BCUT2D eigenvalue weighted by atomic mass is 35.5. The molecule has 6 nitrogen and oxygen atoms in total. The molecule has 144 valence electrons. The molecule has 2 aromatic rings. The quantitative estimate of drug-likeness (QED) is 0.601. The first kappa shape index (κ1) is 19.7. The number of ketones is 1. The van der Waals surface area contributed by atoms with Crippen molar-refractivity contribution in [2.45, 2.75) is 19.8 Å². The molecule has 0 radical (unpaired) electrons. The van der Waals surface area contributed by atoms with Crippen molar-refractivity contribution in [2.24, 2.45) is 5.92 Å². The molecule has 0 atom stereocenters. The molecule has 0 saturated carbocycles. The molecule has 0 aromatic heterocycles. The number of carbonyl (C=O) groups is 2. The van der Waals surface area contributed by atoms with E-state index in [0.717, 1.165) is 5.69 Å². The van der Waals surface area contributed by atoms with Gasteiger partial charge in [0.05, 0.1) is 16.9 Å². The van der Waals surface area contributed by atoms with Crippen LogP contribution in [0.4, 0.5) is 11.4 Å². The SMILES string of the molecule is CC(=O)c1ccc(C#N)c(N2CCC(C(=O)Nc3cc(Cl)ccc3O)CC2)c1. The molecule has 1 aliphatic rings. The highest BCUT2D eigenvalue weighted by Gasteiger charge is 2.27. The summed E-state index contributed by atoms with van der Waals surface area (Å²) in [7, 11) is 0. The minimum absolute atomic E-state index is 0.0325. The van der Waals surface area contributed by atoms with Crippen molar-refractivity contribution in [3.63, 3.8) is 0 Å². The predicted octanol–water partition coefficient (Wildman–Crippen LogP) is 3.97. The Kier molecular flexibility index (Phi) is 5.86. The maximum Gasteiger partial charge on any atom is 0.227 e. The average Bonchev–Trinajstić information content (AvgIpc) is 2.70. The van der Waals surface area contributed by atoms with Crippen LogP contribution in [0.15, 0.2) is 36.4 Å². The van der Waals surface area contributed by atoms with Crippen LogP contribution < -0.4 is 10.2 Å². The molecule has 1 saturated heterocycles. The van der Waals surface area contributed by atoms with Gasteiger partial charge in [-0.25, -0.2) is 0 Å². The number of amides is 1. The normalized spacial score (nSPS) is 14.4. The predicted molar refractivity (Wildman–Crippen MR) is 108 cm³/mol. The van der Waals surface area contributed by atoms with E-state index in [1.54, 1.807) is 24.3 Å². The lowest BCUT2D eigenvalue weighted by Gasteiger charge is -2.33. The van der Waals surface area contributed by atoms with E-state index in [4.69, 9.17) is 11.6 Å². The molecule has 2 aromatic carbocycles. The molecule has 1 heterocycles. The molecule has 0 spiro atoms. The van der Waals surface area contributed by atoms with E-state index in [-0.39, 0.29) is 23.4 Å². The number of carbonyl (C=O) groups excluding carboxylic acids is 2. The maximum atomic E-state index is 12.6. The summed E-state index contributed by atoms with van der Waals surface area (Å²) in [6.45, 7) is 2.68. The number of hydrogen-bond acceptors (Lipinski definition) is 5. The summed E-state index contributed by atoms with van der Waals surface area (Å²) in [6.07, 6.45) is 1.20. The molecular formula is C21H20ClN3O3. The minimum atomic E-state index is -0.212. The molecule has 1 fully saturated rings. The number of nitriles is 1.